The Morgan fingerprint density at radius 3 is 1.85 bits per heavy atom. The van der Waals surface area contributed by atoms with Crippen molar-refractivity contribution in [2.75, 3.05) is 11.9 Å². The Hall–Kier alpha value is -4.51. The average Bonchev–Trinajstić information content (AvgIpc) is 2.90. The maximum absolute atomic E-state index is 12.8. The molecule has 0 radical (unpaired) electrons. The zero-order valence-electron chi connectivity index (χ0n) is 18.7. The lowest BCUT2D eigenvalue weighted by molar-refractivity contribution is 0.102. The lowest BCUT2D eigenvalue weighted by atomic mass is 10.0. The first-order chi connectivity index (χ1) is 16.7. The van der Waals surface area contributed by atoms with Crippen LogP contribution in [0.4, 0.5) is 5.69 Å². The summed E-state index contributed by atoms with van der Waals surface area (Å²) in [4.78, 5) is 22.6. The number of carbonyl (C=O) groups excluding carboxylic acids is 1. The fraction of sp³-hybridized carbons (Fsp3) is 0.0690. The van der Waals surface area contributed by atoms with Crippen molar-refractivity contribution in [3.8, 4) is 28.3 Å². The molecule has 0 saturated carbocycles. The van der Waals surface area contributed by atoms with Gasteiger partial charge in [-0.1, -0.05) is 54.6 Å². The predicted octanol–water partition coefficient (Wildman–Crippen LogP) is 6.61. The van der Waals surface area contributed by atoms with Crippen molar-refractivity contribution in [3.05, 3.63) is 109 Å². The Kier molecular flexibility index (Phi) is 5.99. The molecule has 5 aromatic rings. The van der Waals surface area contributed by atoms with E-state index in [9.17, 15) is 4.79 Å². The summed E-state index contributed by atoms with van der Waals surface area (Å²) in [6.45, 7) is 2.54. The molecule has 5 heteroatoms. The standard InChI is InChI=1S/C29H23N3O2/c1-2-34-24-18-16-23(17-19-24)30-29(33)22-14-12-21(13-15-22)28-27(20-8-4-3-5-9-20)31-25-10-6-7-11-26(25)32-28/h3-19H,2H2,1H3,(H,30,33). The van der Waals surface area contributed by atoms with Crippen molar-refractivity contribution in [2.24, 2.45) is 0 Å². The Bertz CT molecular complexity index is 1430. The van der Waals surface area contributed by atoms with Gasteiger partial charge >= 0.3 is 0 Å². The van der Waals surface area contributed by atoms with Gasteiger partial charge in [-0.05, 0) is 55.5 Å². The third-order valence-electron chi connectivity index (χ3n) is 5.46. The highest BCUT2D eigenvalue weighted by molar-refractivity contribution is 6.04. The van der Waals surface area contributed by atoms with Crippen LogP contribution in [0.1, 0.15) is 17.3 Å². The summed E-state index contributed by atoms with van der Waals surface area (Å²) in [5.41, 5.74) is 6.43. The van der Waals surface area contributed by atoms with E-state index in [0.717, 1.165) is 39.3 Å². The van der Waals surface area contributed by atoms with Crippen molar-refractivity contribution in [2.45, 2.75) is 6.92 Å². The van der Waals surface area contributed by atoms with Gasteiger partial charge < -0.3 is 10.1 Å². The summed E-state index contributed by atoms with van der Waals surface area (Å²) in [7, 11) is 0. The molecule has 166 valence electrons. The van der Waals surface area contributed by atoms with Crippen molar-refractivity contribution in [1.82, 2.24) is 9.97 Å². The van der Waals surface area contributed by atoms with Crippen LogP contribution in [-0.4, -0.2) is 22.5 Å². The molecule has 34 heavy (non-hydrogen) atoms. The molecule has 0 saturated heterocycles. The Balaban J connectivity index is 1.45. The quantitative estimate of drug-likeness (QED) is 0.319. The first kappa shape index (κ1) is 21.3. The highest BCUT2D eigenvalue weighted by Gasteiger charge is 2.14. The second kappa shape index (κ2) is 9.55. The first-order valence-electron chi connectivity index (χ1n) is 11.2. The van der Waals surface area contributed by atoms with E-state index in [2.05, 4.69) is 5.32 Å². The van der Waals surface area contributed by atoms with Crippen LogP contribution in [0, 0.1) is 0 Å². The summed E-state index contributed by atoms with van der Waals surface area (Å²) in [5, 5.41) is 2.93. The molecule has 1 heterocycles. The number of benzene rings is 4. The van der Waals surface area contributed by atoms with Crippen LogP contribution in [0.5, 0.6) is 5.75 Å². The van der Waals surface area contributed by atoms with E-state index >= 15 is 0 Å². The minimum absolute atomic E-state index is 0.177. The molecule has 5 nitrogen and oxygen atoms in total. The summed E-state index contributed by atoms with van der Waals surface area (Å²) < 4.78 is 5.45. The number of hydrogen-bond donors (Lipinski definition) is 1. The summed E-state index contributed by atoms with van der Waals surface area (Å²) in [6.07, 6.45) is 0. The van der Waals surface area contributed by atoms with Gasteiger partial charge in [-0.15, -0.1) is 0 Å². The number of ether oxygens (including phenoxy) is 1. The first-order valence-corrected chi connectivity index (χ1v) is 11.2. The number of nitrogens with zero attached hydrogens (tertiary/aromatic N) is 2. The van der Waals surface area contributed by atoms with Crippen molar-refractivity contribution >= 4 is 22.6 Å². The number of aromatic nitrogens is 2. The largest absolute Gasteiger partial charge is 0.494 e. The van der Waals surface area contributed by atoms with E-state index in [4.69, 9.17) is 14.7 Å². The number of carbonyl (C=O) groups is 1. The van der Waals surface area contributed by atoms with E-state index in [1.165, 1.54) is 0 Å². The smallest absolute Gasteiger partial charge is 0.255 e. The number of amides is 1. The number of hydrogen-bond acceptors (Lipinski definition) is 4. The van der Waals surface area contributed by atoms with Gasteiger partial charge in [-0.2, -0.15) is 0 Å². The molecule has 0 aliphatic rings. The van der Waals surface area contributed by atoms with Crippen LogP contribution >= 0.6 is 0 Å². The normalized spacial score (nSPS) is 10.7. The van der Waals surface area contributed by atoms with E-state index in [1.807, 2.05) is 110 Å². The molecular weight excluding hydrogens is 422 g/mol. The molecular formula is C29H23N3O2. The van der Waals surface area contributed by atoms with Gasteiger partial charge in [-0.3, -0.25) is 4.79 Å². The van der Waals surface area contributed by atoms with E-state index in [1.54, 1.807) is 0 Å². The van der Waals surface area contributed by atoms with Crippen molar-refractivity contribution in [1.29, 1.82) is 0 Å². The van der Waals surface area contributed by atoms with Gasteiger partial charge in [0.05, 0.1) is 29.0 Å². The van der Waals surface area contributed by atoms with Gasteiger partial charge in [0.2, 0.25) is 0 Å². The van der Waals surface area contributed by atoms with Crippen LogP contribution in [-0.2, 0) is 0 Å². The van der Waals surface area contributed by atoms with Gasteiger partial charge in [-0.25, -0.2) is 9.97 Å². The molecule has 0 bridgehead atoms. The summed E-state index contributed by atoms with van der Waals surface area (Å²) in [6, 6.07) is 32.6. The third-order valence-corrected chi connectivity index (χ3v) is 5.46. The molecule has 0 unspecified atom stereocenters. The molecule has 0 fully saturated rings. The highest BCUT2D eigenvalue weighted by Crippen LogP contribution is 2.31. The van der Waals surface area contributed by atoms with Crippen LogP contribution < -0.4 is 10.1 Å². The zero-order valence-corrected chi connectivity index (χ0v) is 18.7. The Morgan fingerprint density at radius 2 is 1.26 bits per heavy atom. The van der Waals surface area contributed by atoms with E-state index in [-0.39, 0.29) is 5.91 Å². The molecule has 0 spiro atoms. The third kappa shape index (κ3) is 4.50. The number of fused-ring (bicyclic) bond motifs is 1. The van der Waals surface area contributed by atoms with Gasteiger partial charge in [0.15, 0.2) is 0 Å². The Morgan fingerprint density at radius 1 is 0.706 bits per heavy atom. The van der Waals surface area contributed by atoms with Crippen molar-refractivity contribution in [3.63, 3.8) is 0 Å². The summed E-state index contributed by atoms with van der Waals surface area (Å²) >= 11 is 0. The number of para-hydroxylation sites is 2. The maximum Gasteiger partial charge on any atom is 0.255 e. The average molecular weight is 446 g/mol. The molecule has 0 atom stereocenters. The minimum Gasteiger partial charge on any atom is -0.494 e. The molecule has 1 amide bonds. The SMILES string of the molecule is CCOc1ccc(NC(=O)c2ccc(-c3nc4ccccc4nc3-c3ccccc3)cc2)cc1. The maximum atomic E-state index is 12.8. The Labute approximate surface area is 198 Å². The number of rotatable bonds is 6. The predicted molar refractivity (Wildman–Crippen MR) is 136 cm³/mol. The fourth-order valence-corrected chi connectivity index (χ4v) is 3.78. The lowest BCUT2D eigenvalue weighted by Gasteiger charge is -2.11. The number of nitrogens with one attached hydrogen (secondary N) is 1. The highest BCUT2D eigenvalue weighted by atomic mass is 16.5. The second-order valence-corrected chi connectivity index (χ2v) is 7.76. The minimum atomic E-state index is -0.177. The van der Waals surface area contributed by atoms with Crippen LogP contribution in [0.15, 0.2) is 103 Å². The van der Waals surface area contributed by atoms with Gasteiger partial charge in [0.25, 0.3) is 5.91 Å². The molecule has 0 aliphatic carbocycles. The summed E-state index contributed by atoms with van der Waals surface area (Å²) in [5.74, 6) is 0.596. The molecule has 1 aromatic heterocycles. The molecule has 4 aromatic carbocycles. The van der Waals surface area contributed by atoms with Crippen LogP contribution in [0.3, 0.4) is 0 Å². The topological polar surface area (TPSA) is 64.1 Å². The molecule has 0 aliphatic heterocycles. The zero-order chi connectivity index (χ0) is 23.3. The molecule has 5 rings (SSSR count). The van der Waals surface area contributed by atoms with Crippen LogP contribution in [0.25, 0.3) is 33.5 Å². The monoisotopic (exact) mass is 445 g/mol. The van der Waals surface area contributed by atoms with E-state index < -0.39 is 0 Å². The van der Waals surface area contributed by atoms with Gasteiger partial charge in [0, 0.05) is 22.4 Å². The fourth-order valence-electron chi connectivity index (χ4n) is 3.78. The van der Waals surface area contributed by atoms with E-state index in [0.29, 0.717) is 17.9 Å². The van der Waals surface area contributed by atoms with Gasteiger partial charge in [0.1, 0.15) is 5.75 Å². The number of anilines is 1. The molecule has 1 N–H and O–H groups in total. The second-order valence-electron chi connectivity index (χ2n) is 7.76. The van der Waals surface area contributed by atoms with Crippen molar-refractivity contribution < 1.29 is 9.53 Å². The lowest BCUT2D eigenvalue weighted by Crippen LogP contribution is -2.11. The van der Waals surface area contributed by atoms with Crippen LogP contribution in [0.2, 0.25) is 0 Å².